The molecule has 8 heteroatoms. The van der Waals surface area contributed by atoms with Gasteiger partial charge in [0.15, 0.2) is 5.75 Å². The highest BCUT2D eigenvalue weighted by Gasteiger charge is 2.14. The average molecular weight is 297 g/mol. The molecule has 0 aliphatic carbocycles. The Morgan fingerprint density at radius 2 is 2.00 bits per heavy atom. The van der Waals surface area contributed by atoms with Crippen LogP contribution in [0.5, 0.6) is 11.8 Å². The third kappa shape index (κ3) is 3.16. The molecule has 0 saturated carbocycles. The number of nitrogens with zero attached hydrogens (tertiary/aromatic N) is 5. The SMILES string of the molecule is CCCNc1nc(Cl)nc(Oc2c(C)nn(C)c2C)n1. The summed E-state index contributed by atoms with van der Waals surface area (Å²) in [5.41, 5.74) is 1.66. The highest BCUT2D eigenvalue weighted by molar-refractivity contribution is 6.28. The number of halogens is 1. The Bertz CT molecular complexity index is 612. The summed E-state index contributed by atoms with van der Waals surface area (Å²) >= 11 is 5.88. The fourth-order valence-electron chi connectivity index (χ4n) is 1.69. The molecular formula is C12H17ClN6O. The van der Waals surface area contributed by atoms with E-state index in [1.807, 2.05) is 20.9 Å². The Morgan fingerprint density at radius 3 is 2.60 bits per heavy atom. The Kier molecular flexibility index (Phi) is 4.39. The lowest BCUT2D eigenvalue weighted by molar-refractivity contribution is 0.433. The largest absolute Gasteiger partial charge is 0.420 e. The molecule has 0 amide bonds. The summed E-state index contributed by atoms with van der Waals surface area (Å²) in [5, 5.41) is 7.41. The minimum atomic E-state index is 0.0906. The highest BCUT2D eigenvalue weighted by Crippen LogP contribution is 2.26. The van der Waals surface area contributed by atoms with Crippen molar-refractivity contribution in [3.8, 4) is 11.8 Å². The molecule has 7 nitrogen and oxygen atoms in total. The van der Waals surface area contributed by atoms with Gasteiger partial charge in [-0.3, -0.25) is 4.68 Å². The van der Waals surface area contributed by atoms with E-state index in [1.54, 1.807) is 4.68 Å². The molecule has 0 aromatic carbocycles. The first-order chi connectivity index (χ1) is 9.51. The van der Waals surface area contributed by atoms with Crippen LogP contribution in [0.3, 0.4) is 0 Å². The molecule has 2 heterocycles. The van der Waals surface area contributed by atoms with E-state index in [1.165, 1.54) is 0 Å². The van der Waals surface area contributed by atoms with Crippen molar-refractivity contribution in [2.45, 2.75) is 27.2 Å². The number of anilines is 1. The lowest BCUT2D eigenvalue weighted by Gasteiger charge is -2.07. The minimum absolute atomic E-state index is 0.0906. The third-order valence-corrected chi connectivity index (χ3v) is 2.93. The quantitative estimate of drug-likeness (QED) is 0.913. The molecule has 20 heavy (non-hydrogen) atoms. The fraction of sp³-hybridized carbons (Fsp3) is 0.500. The van der Waals surface area contributed by atoms with Crippen LogP contribution in [0.2, 0.25) is 5.28 Å². The van der Waals surface area contributed by atoms with E-state index in [0.29, 0.717) is 11.7 Å². The van der Waals surface area contributed by atoms with Gasteiger partial charge in [0.05, 0.1) is 5.69 Å². The van der Waals surface area contributed by atoms with Crippen LogP contribution in [-0.4, -0.2) is 31.3 Å². The zero-order chi connectivity index (χ0) is 14.7. The zero-order valence-corrected chi connectivity index (χ0v) is 12.7. The van der Waals surface area contributed by atoms with Gasteiger partial charge >= 0.3 is 6.01 Å². The lowest BCUT2D eigenvalue weighted by atomic mass is 10.3. The first-order valence-electron chi connectivity index (χ1n) is 6.34. The van der Waals surface area contributed by atoms with Gasteiger partial charge in [-0.05, 0) is 31.9 Å². The predicted octanol–water partition coefficient (Wildman–Crippen LogP) is 2.49. The molecular weight excluding hydrogens is 280 g/mol. The number of aryl methyl sites for hydroxylation is 2. The molecule has 0 aliphatic heterocycles. The zero-order valence-electron chi connectivity index (χ0n) is 11.9. The van der Waals surface area contributed by atoms with Gasteiger partial charge in [0.1, 0.15) is 5.69 Å². The second-order valence-electron chi connectivity index (χ2n) is 4.36. The number of hydrogen-bond donors (Lipinski definition) is 1. The molecule has 0 atom stereocenters. The van der Waals surface area contributed by atoms with Crippen LogP contribution >= 0.6 is 11.6 Å². The van der Waals surface area contributed by atoms with Crippen LogP contribution in [0, 0.1) is 13.8 Å². The number of hydrogen-bond acceptors (Lipinski definition) is 6. The molecule has 2 aromatic heterocycles. The summed E-state index contributed by atoms with van der Waals surface area (Å²) in [6, 6.07) is 0.155. The van der Waals surface area contributed by atoms with E-state index >= 15 is 0 Å². The Morgan fingerprint density at radius 1 is 1.25 bits per heavy atom. The van der Waals surface area contributed by atoms with Crippen molar-refractivity contribution in [2.75, 3.05) is 11.9 Å². The summed E-state index contributed by atoms with van der Waals surface area (Å²) in [6.45, 7) is 6.58. The van der Waals surface area contributed by atoms with Gasteiger partial charge in [0.25, 0.3) is 0 Å². The van der Waals surface area contributed by atoms with Gasteiger partial charge in [-0.15, -0.1) is 0 Å². The van der Waals surface area contributed by atoms with Crippen molar-refractivity contribution in [3.63, 3.8) is 0 Å². The first-order valence-corrected chi connectivity index (χ1v) is 6.72. The third-order valence-electron chi connectivity index (χ3n) is 2.76. The Balaban J connectivity index is 2.26. The van der Waals surface area contributed by atoms with Crippen LogP contribution in [-0.2, 0) is 7.05 Å². The van der Waals surface area contributed by atoms with Crippen LogP contribution in [0.4, 0.5) is 5.95 Å². The Labute approximate surface area is 122 Å². The van der Waals surface area contributed by atoms with Crippen molar-refractivity contribution in [1.82, 2.24) is 24.7 Å². The van der Waals surface area contributed by atoms with Crippen LogP contribution < -0.4 is 10.1 Å². The summed E-state index contributed by atoms with van der Waals surface area (Å²) in [6.07, 6.45) is 0.959. The topological polar surface area (TPSA) is 77.8 Å². The summed E-state index contributed by atoms with van der Waals surface area (Å²) < 4.78 is 7.43. The van der Waals surface area contributed by atoms with Gasteiger partial charge in [-0.2, -0.15) is 20.1 Å². The monoisotopic (exact) mass is 296 g/mol. The first kappa shape index (κ1) is 14.5. The second kappa shape index (κ2) is 6.04. The molecule has 108 valence electrons. The highest BCUT2D eigenvalue weighted by atomic mass is 35.5. The van der Waals surface area contributed by atoms with Gasteiger partial charge in [-0.1, -0.05) is 6.92 Å². The van der Waals surface area contributed by atoms with Crippen molar-refractivity contribution in [3.05, 3.63) is 16.7 Å². The molecule has 0 bridgehead atoms. The molecule has 0 aliphatic rings. The van der Waals surface area contributed by atoms with E-state index < -0.39 is 0 Å². The van der Waals surface area contributed by atoms with E-state index in [9.17, 15) is 0 Å². The van der Waals surface area contributed by atoms with E-state index in [4.69, 9.17) is 16.3 Å². The Hall–Kier alpha value is -1.89. The molecule has 2 aromatic rings. The average Bonchev–Trinajstić information content (AvgIpc) is 2.62. The standard InChI is InChI=1S/C12H17ClN6O/c1-5-6-14-11-15-10(13)16-12(17-11)20-9-7(2)18-19(4)8(9)3/h5-6H2,1-4H3,(H,14,15,16,17). The minimum Gasteiger partial charge on any atom is -0.420 e. The summed E-state index contributed by atoms with van der Waals surface area (Å²) in [4.78, 5) is 12.1. The molecule has 1 N–H and O–H groups in total. The lowest BCUT2D eigenvalue weighted by Crippen LogP contribution is -2.06. The summed E-state index contributed by atoms with van der Waals surface area (Å²) in [7, 11) is 1.85. The molecule has 0 radical (unpaired) electrons. The van der Waals surface area contributed by atoms with Crippen LogP contribution in [0.15, 0.2) is 0 Å². The number of rotatable bonds is 5. The van der Waals surface area contributed by atoms with Gasteiger partial charge in [0.2, 0.25) is 11.2 Å². The smallest absolute Gasteiger partial charge is 0.328 e. The maximum atomic E-state index is 5.88. The van der Waals surface area contributed by atoms with Crippen molar-refractivity contribution >= 4 is 17.5 Å². The van der Waals surface area contributed by atoms with Gasteiger partial charge < -0.3 is 10.1 Å². The van der Waals surface area contributed by atoms with Gasteiger partial charge in [-0.25, -0.2) is 0 Å². The molecule has 0 fully saturated rings. The molecule has 0 saturated heterocycles. The maximum Gasteiger partial charge on any atom is 0.328 e. The normalized spacial score (nSPS) is 10.7. The van der Waals surface area contributed by atoms with E-state index in [-0.39, 0.29) is 11.3 Å². The van der Waals surface area contributed by atoms with Gasteiger partial charge in [0, 0.05) is 13.6 Å². The number of aromatic nitrogens is 5. The van der Waals surface area contributed by atoms with E-state index in [2.05, 4.69) is 32.3 Å². The summed E-state index contributed by atoms with van der Waals surface area (Å²) in [5.74, 6) is 1.04. The van der Waals surface area contributed by atoms with Crippen LogP contribution in [0.25, 0.3) is 0 Å². The molecule has 0 unspecified atom stereocenters. The van der Waals surface area contributed by atoms with Crippen molar-refractivity contribution in [2.24, 2.45) is 7.05 Å². The van der Waals surface area contributed by atoms with Crippen molar-refractivity contribution < 1.29 is 4.74 Å². The maximum absolute atomic E-state index is 5.88. The second-order valence-corrected chi connectivity index (χ2v) is 4.70. The van der Waals surface area contributed by atoms with Crippen molar-refractivity contribution in [1.29, 1.82) is 0 Å². The van der Waals surface area contributed by atoms with Crippen LogP contribution in [0.1, 0.15) is 24.7 Å². The molecule has 2 rings (SSSR count). The fourth-order valence-corrected chi connectivity index (χ4v) is 1.84. The van der Waals surface area contributed by atoms with E-state index in [0.717, 1.165) is 24.4 Å². The number of nitrogens with one attached hydrogen (secondary N) is 1. The predicted molar refractivity (Wildman–Crippen MR) is 76.4 cm³/mol. The number of ether oxygens (including phenoxy) is 1. The molecule has 0 spiro atoms.